The molecule has 0 saturated carbocycles. The maximum atomic E-state index is 11.0. The number of hydrogen-bond acceptors (Lipinski definition) is 4. The Hall–Kier alpha value is -1.20. The maximum absolute atomic E-state index is 11.0. The summed E-state index contributed by atoms with van der Waals surface area (Å²) in [6, 6.07) is 0. The minimum absolute atomic E-state index is 0.376. The molecule has 0 amide bonds. The SMILES string of the molecule is COCc1nc2sc(C)c(C)n2c1C=O. The molecule has 0 spiro atoms. The molecule has 0 radical (unpaired) electrons. The zero-order chi connectivity index (χ0) is 11.0. The second-order valence-electron chi connectivity index (χ2n) is 3.36. The van der Waals surface area contributed by atoms with Crippen molar-refractivity contribution in [2.45, 2.75) is 20.5 Å². The molecule has 2 aromatic rings. The largest absolute Gasteiger partial charge is 0.378 e. The maximum Gasteiger partial charge on any atom is 0.195 e. The number of methoxy groups -OCH3 is 1. The number of ether oxygens (including phenoxy) is 1. The van der Waals surface area contributed by atoms with E-state index >= 15 is 0 Å². The highest BCUT2D eigenvalue weighted by atomic mass is 32.1. The lowest BCUT2D eigenvalue weighted by atomic mass is 10.3. The minimum atomic E-state index is 0.376. The van der Waals surface area contributed by atoms with E-state index in [1.54, 1.807) is 18.4 Å². The average Bonchev–Trinajstić information content (AvgIpc) is 2.66. The lowest BCUT2D eigenvalue weighted by Gasteiger charge is -1.97. The smallest absolute Gasteiger partial charge is 0.195 e. The van der Waals surface area contributed by atoms with Gasteiger partial charge in [0.1, 0.15) is 5.69 Å². The normalized spacial score (nSPS) is 11.1. The lowest BCUT2D eigenvalue weighted by Crippen LogP contribution is -1.97. The van der Waals surface area contributed by atoms with Crippen LogP contribution in [0.1, 0.15) is 26.8 Å². The molecular weight excluding hydrogens is 212 g/mol. The van der Waals surface area contributed by atoms with Gasteiger partial charge in [0, 0.05) is 17.7 Å². The molecule has 0 fully saturated rings. The molecule has 0 aromatic carbocycles. The van der Waals surface area contributed by atoms with Crippen molar-refractivity contribution >= 4 is 22.6 Å². The molecular formula is C10H12N2O2S. The summed E-state index contributed by atoms with van der Waals surface area (Å²) in [5.41, 5.74) is 2.39. The zero-order valence-corrected chi connectivity index (χ0v) is 9.72. The number of fused-ring (bicyclic) bond motifs is 1. The number of imidazole rings is 1. The Kier molecular flexibility index (Phi) is 2.58. The van der Waals surface area contributed by atoms with E-state index in [-0.39, 0.29) is 0 Å². The average molecular weight is 224 g/mol. The molecule has 2 aromatic heterocycles. The van der Waals surface area contributed by atoms with Gasteiger partial charge in [0.05, 0.1) is 12.3 Å². The minimum Gasteiger partial charge on any atom is -0.378 e. The van der Waals surface area contributed by atoms with Crippen LogP contribution in [-0.2, 0) is 11.3 Å². The van der Waals surface area contributed by atoms with E-state index in [1.165, 1.54) is 4.88 Å². The van der Waals surface area contributed by atoms with E-state index in [1.807, 2.05) is 18.2 Å². The number of aromatic nitrogens is 2. The van der Waals surface area contributed by atoms with Crippen LogP contribution >= 0.6 is 11.3 Å². The van der Waals surface area contributed by atoms with Crippen molar-refractivity contribution in [3.8, 4) is 0 Å². The van der Waals surface area contributed by atoms with Crippen molar-refractivity contribution < 1.29 is 9.53 Å². The summed E-state index contributed by atoms with van der Waals surface area (Å²) in [6.45, 7) is 4.39. The first-order chi connectivity index (χ1) is 7.19. The summed E-state index contributed by atoms with van der Waals surface area (Å²) in [5.74, 6) is 0. The molecule has 0 aliphatic heterocycles. The van der Waals surface area contributed by atoms with E-state index < -0.39 is 0 Å². The van der Waals surface area contributed by atoms with E-state index in [9.17, 15) is 4.79 Å². The van der Waals surface area contributed by atoms with Crippen molar-refractivity contribution in [3.05, 3.63) is 22.0 Å². The Balaban J connectivity index is 2.71. The number of nitrogens with zero attached hydrogens (tertiary/aromatic N) is 2. The fraction of sp³-hybridized carbons (Fsp3) is 0.400. The molecule has 0 bridgehead atoms. The Labute approximate surface area is 91.5 Å². The Morgan fingerprint density at radius 3 is 2.87 bits per heavy atom. The Morgan fingerprint density at radius 1 is 1.53 bits per heavy atom. The van der Waals surface area contributed by atoms with Crippen LogP contribution in [-0.4, -0.2) is 22.8 Å². The first kappa shape index (κ1) is 10.3. The van der Waals surface area contributed by atoms with Crippen molar-refractivity contribution in [2.24, 2.45) is 0 Å². The van der Waals surface area contributed by atoms with Gasteiger partial charge in [-0.2, -0.15) is 0 Å². The topological polar surface area (TPSA) is 43.6 Å². The van der Waals surface area contributed by atoms with Crippen molar-refractivity contribution in [1.82, 2.24) is 9.38 Å². The van der Waals surface area contributed by atoms with Crippen LogP contribution in [0.2, 0.25) is 0 Å². The quantitative estimate of drug-likeness (QED) is 0.749. The van der Waals surface area contributed by atoms with Gasteiger partial charge in [0.15, 0.2) is 11.2 Å². The van der Waals surface area contributed by atoms with Gasteiger partial charge in [-0.05, 0) is 13.8 Å². The third-order valence-corrected chi connectivity index (χ3v) is 3.50. The fourth-order valence-corrected chi connectivity index (χ4v) is 2.57. The van der Waals surface area contributed by atoms with Gasteiger partial charge >= 0.3 is 0 Å². The van der Waals surface area contributed by atoms with Crippen LogP contribution in [0.4, 0.5) is 0 Å². The highest BCUT2D eigenvalue weighted by Gasteiger charge is 2.15. The van der Waals surface area contributed by atoms with E-state index in [0.29, 0.717) is 18.0 Å². The monoisotopic (exact) mass is 224 g/mol. The number of hydrogen-bond donors (Lipinski definition) is 0. The fourth-order valence-electron chi connectivity index (χ4n) is 1.58. The lowest BCUT2D eigenvalue weighted by molar-refractivity contribution is 0.111. The number of aldehydes is 1. The second kappa shape index (κ2) is 3.75. The number of aryl methyl sites for hydroxylation is 2. The molecule has 5 heteroatoms. The highest BCUT2D eigenvalue weighted by molar-refractivity contribution is 7.17. The van der Waals surface area contributed by atoms with Gasteiger partial charge in [-0.3, -0.25) is 9.20 Å². The summed E-state index contributed by atoms with van der Waals surface area (Å²) in [4.78, 5) is 17.5. The molecule has 15 heavy (non-hydrogen) atoms. The van der Waals surface area contributed by atoms with Crippen LogP contribution in [0, 0.1) is 13.8 Å². The van der Waals surface area contributed by atoms with Crippen LogP contribution in [0.25, 0.3) is 4.96 Å². The van der Waals surface area contributed by atoms with Crippen LogP contribution in [0.5, 0.6) is 0 Å². The van der Waals surface area contributed by atoms with Gasteiger partial charge in [-0.25, -0.2) is 4.98 Å². The third-order valence-electron chi connectivity index (χ3n) is 2.44. The predicted molar refractivity (Wildman–Crippen MR) is 58.6 cm³/mol. The summed E-state index contributed by atoms with van der Waals surface area (Å²) < 4.78 is 6.90. The number of carbonyl (C=O) groups is 1. The summed E-state index contributed by atoms with van der Waals surface area (Å²) in [5, 5.41) is 0. The number of rotatable bonds is 3. The molecule has 0 atom stereocenters. The molecule has 0 aliphatic carbocycles. The first-order valence-corrected chi connectivity index (χ1v) is 5.42. The standard InChI is InChI=1S/C10H12N2O2S/c1-6-7(2)15-10-11-8(5-14-3)9(4-13)12(6)10/h4H,5H2,1-3H3. The van der Waals surface area contributed by atoms with Crippen LogP contribution in [0.15, 0.2) is 0 Å². The van der Waals surface area contributed by atoms with E-state index in [0.717, 1.165) is 16.9 Å². The van der Waals surface area contributed by atoms with Gasteiger partial charge in [-0.15, -0.1) is 11.3 Å². The van der Waals surface area contributed by atoms with Crippen molar-refractivity contribution in [3.63, 3.8) is 0 Å². The van der Waals surface area contributed by atoms with Gasteiger partial charge in [-0.1, -0.05) is 0 Å². The molecule has 0 N–H and O–H groups in total. The molecule has 80 valence electrons. The first-order valence-electron chi connectivity index (χ1n) is 4.60. The highest BCUT2D eigenvalue weighted by Crippen LogP contribution is 2.24. The summed E-state index contributed by atoms with van der Waals surface area (Å²) in [6.07, 6.45) is 0.841. The summed E-state index contributed by atoms with van der Waals surface area (Å²) in [7, 11) is 1.60. The van der Waals surface area contributed by atoms with Crippen molar-refractivity contribution in [2.75, 3.05) is 7.11 Å². The van der Waals surface area contributed by atoms with Gasteiger partial charge in [0.25, 0.3) is 0 Å². The Bertz CT molecular complexity index is 513. The molecule has 4 nitrogen and oxygen atoms in total. The predicted octanol–water partition coefficient (Wildman–Crippen LogP) is 1.97. The third kappa shape index (κ3) is 1.48. The molecule has 0 saturated heterocycles. The van der Waals surface area contributed by atoms with Crippen molar-refractivity contribution in [1.29, 1.82) is 0 Å². The van der Waals surface area contributed by atoms with E-state index in [2.05, 4.69) is 4.98 Å². The van der Waals surface area contributed by atoms with Crippen LogP contribution < -0.4 is 0 Å². The van der Waals surface area contributed by atoms with E-state index in [4.69, 9.17) is 4.74 Å². The van der Waals surface area contributed by atoms with Gasteiger partial charge in [0.2, 0.25) is 0 Å². The molecule has 2 rings (SSSR count). The molecule has 0 aliphatic rings. The second-order valence-corrected chi connectivity index (χ2v) is 4.54. The van der Waals surface area contributed by atoms with Crippen LogP contribution in [0.3, 0.4) is 0 Å². The summed E-state index contributed by atoms with van der Waals surface area (Å²) >= 11 is 1.59. The molecule has 0 unspecified atom stereocenters. The molecule has 2 heterocycles. The van der Waals surface area contributed by atoms with Gasteiger partial charge < -0.3 is 4.74 Å². The Morgan fingerprint density at radius 2 is 2.27 bits per heavy atom. The zero-order valence-electron chi connectivity index (χ0n) is 8.90. The number of thiazole rings is 1. The number of carbonyl (C=O) groups excluding carboxylic acids is 1.